The standard InChI is InChI=1S/C13H16N4S.HI/c1-10-16-12(9-18-10)7-8-15-13(14)17-11-5-3-2-4-6-11;/h2-6,9H,7-8H2,1H3,(H3,14,15,17);1H. The lowest BCUT2D eigenvalue weighted by molar-refractivity contribution is 0.927. The first-order chi connectivity index (χ1) is 8.74. The highest BCUT2D eigenvalue weighted by Crippen LogP contribution is 2.08. The molecule has 4 nitrogen and oxygen atoms in total. The van der Waals surface area contributed by atoms with Gasteiger partial charge in [-0.1, -0.05) is 18.2 Å². The van der Waals surface area contributed by atoms with Crippen LogP contribution in [0, 0.1) is 6.92 Å². The van der Waals surface area contributed by atoms with Gasteiger partial charge in [-0.2, -0.15) is 0 Å². The van der Waals surface area contributed by atoms with Gasteiger partial charge in [-0.3, -0.25) is 4.99 Å². The van der Waals surface area contributed by atoms with E-state index in [1.54, 1.807) is 11.3 Å². The number of para-hydroxylation sites is 1. The number of aryl methyl sites for hydroxylation is 1. The molecule has 0 radical (unpaired) electrons. The zero-order valence-electron chi connectivity index (χ0n) is 10.7. The lowest BCUT2D eigenvalue weighted by atomic mass is 10.3. The van der Waals surface area contributed by atoms with Crippen molar-refractivity contribution in [1.29, 1.82) is 0 Å². The van der Waals surface area contributed by atoms with Crippen molar-refractivity contribution >= 4 is 47.0 Å². The Morgan fingerprint density at radius 1 is 1.37 bits per heavy atom. The zero-order valence-corrected chi connectivity index (χ0v) is 13.8. The molecule has 102 valence electrons. The maximum atomic E-state index is 5.80. The molecular formula is C13H17IN4S. The number of nitrogens with zero attached hydrogens (tertiary/aromatic N) is 2. The summed E-state index contributed by atoms with van der Waals surface area (Å²) in [5.41, 5.74) is 7.82. The third-order valence-corrected chi connectivity index (χ3v) is 3.19. The maximum Gasteiger partial charge on any atom is 0.193 e. The summed E-state index contributed by atoms with van der Waals surface area (Å²) in [7, 11) is 0. The fourth-order valence-electron chi connectivity index (χ4n) is 1.52. The minimum Gasteiger partial charge on any atom is -0.370 e. The Kier molecular flexibility index (Phi) is 6.79. The van der Waals surface area contributed by atoms with E-state index in [0.29, 0.717) is 12.5 Å². The number of anilines is 1. The Bertz CT molecular complexity index is 524. The topological polar surface area (TPSA) is 63.3 Å². The number of aliphatic imine (C=N–C) groups is 1. The van der Waals surface area contributed by atoms with Gasteiger partial charge in [0.2, 0.25) is 0 Å². The van der Waals surface area contributed by atoms with Crippen molar-refractivity contribution in [2.45, 2.75) is 13.3 Å². The molecule has 0 aliphatic rings. The summed E-state index contributed by atoms with van der Waals surface area (Å²) in [6.07, 6.45) is 0.821. The first kappa shape index (κ1) is 15.9. The van der Waals surface area contributed by atoms with Gasteiger partial charge in [0.05, 0.1) is 10.7 Å². The number of guanidine groups is 1. The van der Waals surface area contributed by atoms with Crippen LogP contribution in [0.5, 0.6) is 0 Å². The predicted octanol–water partition coefficient (Wildman–Crippen LogP) is 3.04. The molecule has 0 aliphatic heterocycles. The first-order valence-electron chi connectivity index (χ1n) is 5.77. The molecule has 0 saturated carbocycles. The molecule has 0 amide bonds. The van der Waals surface area contributed by atoms with Crippen molar-refractivity contribution < 1.29 is 0 Å². The van der Waals surface area contributed by atoms with Crippen LogP contribution in [-0.2, 0) is 6.42 Å². The third kappa shape index (κ3) is 5.56. The molecule has 2 rings (SSSR count). The van der Waals surface area contributed by atoms with Gasteiger partial charge in [0, 0.05) is 24.0 Å². The second-order valence-corrected chi connectivity index (χ2v) is 4.93. The van der Waals surface area contributed by atoms with E-state index in [-0.39, 0.29) is 24.0 Å². The molecular weight excluding hydrogens is 371 g/mol. The molecule has 1 heterocycles. The van der Waals surface area contributed by atoms with Gasteiger partial charge in [0.1, 0.15) is 0 Å². The average molecular weight is 388 g/mol. The lowest BCUT2D eigenvalue weighted by Crippen LogP contribution is -2.23. The molecule has 0 fully saturated rings. The van der Waals surface area contributed by atoms with E-state index in [2.05, 4.69) is 20.7 Å². The number of nitrogens with two attached hydrogens (primary N) is 1. The number of nitrogens with one attached hydrogen (secondary N) is 1. The highest BCUT2D eigenvalue weighted by molar-refractivity contribution is 14.0. The predicted molar refractivity (Wildman–Crippen MR) is 92.5 cm³/mol. The van der Waals surface area contributed by atoms with Gasteiger partial charge in [-0.05, 0) is 19.1 Å². The molecule has 19 heavy (non-hydrogen) atoms. The van der Waals surface area contributed by atoms with Crippen molar-refractivity contribution in [3.05, 3.63) is 46.4 Å². The summed E-state index contributed by atoms with van der Waals surface area (Å²) < 4.78 is 0. The van der Waals surface area contributed by atoms with Crippen LogP contribution in [0.3, 0.4) is 0 Å². The molecule has 3 N–H and O–H groups in total. The van der Waals surface area contributed by atoms with Gasteiger partial charge in [0.25, 0.3) is 0 Å². The summed E-state index contributed by atoms with van der Waals surface area (Å²) in [5, 5.41) is 6.19. The molecule has 0 aliphatic carbocycles. The van der Waals surface area contributed by atoms with Crippen LogP contribution in [0.2, 0.25) is 0 Å². The molecule has 6 heteroatoms. The number of aromatic nitrogens is 1. The second kappa shape index (κ2) is 8.11. The van der Waals surface area contributed by atoms with E-state index in [1.165, 1.54) is 0 Å². The van der Waals surface area contributed by atoms with E-state index in [4.69, 9.17) is 5.73 Å². The number of rotatable bonds is 4. The molecule has 0 spiro atoms. The van der Waals surface area contributed by atoms with Crippen LogP contribution < -0.4 is 11.1 Å². The molecule has 0 bridgehead atoms. The van der Waals surface area contributed by atoms with Crippen LogP contribution in [0.15, 0.2) is 40.7 Å². The Morgan fingerprint density at radius 3 is 2.74 bits per heavy atom. The van der Waals surface area contributed by atoms with Gasteiger partial charge >= 0.3 is 0 Å². The van der Waals surface area contributed by atoms with Crippen LogP contribution in [-0.4, -0.2) is 17.5 Å². The SMILES string of the molecule is Cc1nc(CCN=C(N)Nc2ccccc2)cs1.I. The summed E-state index contributed by atoms with van der Waals surface area (Å²) in [6.45, 7) is 2.65. The number of hydrogen-bond acceptors (Lipinski definition) is 3. The van der Waals surface area contributed by atoms with Gasteiger partial charge in [-0.25, -0.2) is 4.98 Å². The second-order valence-electron chi connectivity index (χ2n) is 3.87. The van der Waals surface area contributed by atoms with Crippen LogP contribution in [0.25, 0.3) is 0 Å². The minimum absolute atomic E-state index is 0. The minimum atomic E-state index is 0. The fourth-order valence-corrected chi connectivity index (χ4v) is 2.17. The van der Waals surface area contributed by atoms with Crippen LogP contribution >= 0.6 is 35.3 Å². The van der Waals surface area contributed by atoms with Crippen molar-refractivity contribution in [3.8, 4) is 0 Å². The van der Waals surface area contributed by atoms with Crippen molar-refractivity contribution in [2.24, 2.45) is 10.7 Å². The van der Waals surface area contributed by atoms with Crippen molar-refractivity contribution in [1.82, 2.24) is 4.98 Å². The number of hydrogen-bond donors (Lipinski definition) is 2. The molecule has 0 saturated heterocycles. The number of benzene rings is 1. The zero-order chi connectivity index (χ0) is 12.8. The van der Waals surface area contributed by atoms with E-state index in [1.807, 2.05) is 37.3 Å². The lowest BCUT2D eigenvalue weighted by Gasteiger charge is -2.04. The molecule has 1 aromatic heterocycles. The summed E-state index contributed by atoms with van der Waals surface area (Å²) in [5.74, 6) is 0.438. The number of halogens is 1. The first-order valence-corrected chi connectivity index (χ1v) is 6.65. The highest BCUT2D eigenvalue weighted by atomic mass is 127. The van der Waals surface area contributed by atoms with Gasteiger partial charge in [0.15, 0.2) is 5.96 Å². The monoisotopic (exact) mass is 388 g/mol. The fraction of sp³-hybridized carbons (Fsp3) is 0.231. The largest absolute Gasteiger partial charge is 0.370 e. The van der Waals surface area contributed by atoms with Crippen molar-refractivity contribution in [2.75, 3.05) is 11.9 Å². The molecule has 0 atom stereocenters. The third-order valence-electron chi connectivity index (χ3n) is 2.36. The van der Waals surface area contributed by atoms with E-state index in [9.17, 15) is 0 Å². The van der Waals surface area contributed by atoms with Gasteiger partial charge < -0.3 is 11.1 Å². The van der Waals surface area contributed by atoms with Crippen LogP contribution in [0.4, 0.5) is 5.69 Å². The quantitative estimate of drug-likeness (QED) is 0.481. The summed E-state index contributed by atoms with van der Waals surface area (Å²) >= 11 is 1.66. The Balaban J connectivity index is 0.00000180. The Hall–Kier alpha value is -1.15. The maximum absolute atomic E-state index is 5.80. The van der Waals surface area contributed by atoms with E-state index in [0.717, 1.165) is 22.8 Å². The molecule has 0 unspecified atom stereocenters. The normalized spacial score (nSPS) is 10.9. The van der Waals surface area contributed by atoms with E-state index < -0.39 is 0 Å². The van der Waals surface area contributed by atoms with Gasteiger partial charge in [-0.15, -0.1) is 35.3 Å². The highest BCUT2D eigenvalue weighted by Gasteiger charge is 1.98. The van der Waals surface area contributed by atoms with Crippen molar-refractivity contribution in [3.63, 3.8) is 0 Å². The summed E-state index contributed by atoms with van der Waals surface area (Å²) in [4.78, 5) is 8.65. The number of thiazole rings is 1. The Morgan fingerprint density at radius 2 is 2.11 bits per heavy atom. The van der Waals surface area contributed by atoms with E-state index >= 15 is 0 Å². The van der Waals surface area contributed by atoms with Crippen LogP contribution in [0.1, 0.15) is 10.7 Å². The summed E-state index contributed by atoms with van der Waals surface area (Å²) in [6, 6.07) is 9.77. The molecule has 2 aromatic rings. The average Bonchev–Trinajstić information content (AvgIpc) is 2.76. The Labute approximate surface area is 134 Å². The smallest absolute Gasteiger partial charge is 0.193 e. The molecule has 1 aromatic carbocycles.